The zero-order chi connectivity index (χ0) is 18.6. The minimum Gasteiger partial charge on any atom is -0.445 e. The molecule has 1 aromatic carbocycles. The van der Waals surface area contributed by atoms with Gasteiger partial charge in [0.2, 0.25) is 0 Å². The van der Waals surface area contributed by atoms with Gasteiger partial charge in [0.05, 0.1) is 12.1 Å². The molecule has 1 saturated heterocycles. The monoisotopic (exact) mass is 365 g/mol. The molecule has 0 spiro atoms. The van der Waals surface area contributed by atoms with Crippen LogP contribution in [-0.2, 0) is 6.42 Å². The van der Waals surface area contributed by atoms with E-state index in [4.69, 9.17) is 4.42 Å². The zero-order valence-corrected chi connectivity index (χ0v) is 14.8. The fourth-order valence-electron chi connectivity index (χ4n) is 3.48. The molecule has 1 amide bonds. The van der Waals surface area contributed by atoms with Gasteiger partial charge in [-0.05, 0) is 42.7 Å². The number of pyridine rings is 1. The van der Waals surface area contributed by atoms with Gasteiger partial charge in [-0.25, -0.2) is 9.37 Å². The van der Waals surface area contributed by atoms with E-state index in [9.17, 15) is 9.18 Å². The molecule has 0 saturated carbocycles. The maximum Gasteiger partial charge on any atom is 0.253 e. The summed E-state index contributed by atoms with van der Waals surface area (Å²) in [4.78, 5) is 22.9. The lowest BCUT2D eigenvalue weighted by Gasteiger charge is -2.31. The minimum absolute atomic E-state index is 0.00800. The predicted octanol–water partition coefficient (Wildman–Crippen LogP) is 3.82. The van der Waals surface area contributed by atoms with Gasteiger partial charge < -0.3 is 9.32 Å². The van der Waals surface area contributed by atoms with E-state index in [1.54, 1.807) is 36.8 Å². The molecule has 1 aliphatic heterocycles. The second kappa shape index (κ2) is 7.70. The number of carbonyl (C=O) groups excluding carboxylic acids is 1. The third-order valence-corrected chi connectivity index (χ3v) is 4.82. The van der Waals surface area contributed by atoms with Crippen LogP contribution in [0.5, 0.6) is 0 Å². The zero-order valence-electron chi connectivity index (χ0n) is 14.8. The lowest BCUT2D eigenvalue weighted by Crippen LogP contribution is -2.39. The Morgan fingerprint density at radius 3 is 2.93 bits per heavy atom. The average Bonchev–Trinajstić information content (AvgIpc) is 3.17. The number of halogens is 1. The summed E-state index contributed by atoms with van der Waals surface area (Å²) in [5, 5.41) is 0. The van der Waals surface area contributed by atoms with E-state index in [0.717, 1.165) is 24.9 Å². The van der Waals surface area contributed by atoms with Crippen LogP contribution in [0, 0.1) is 5.82 Å². The second-order valence-corrected chi connectivity index (χ2v) is 6.80. The Labute approximate surface area is 156 Å². The van der Waals surface area contributed by atoms with Crippen LogP contribution in [0.25, 0.3) is 0 Å². The van der Waals surface area contributed by atoms with Crippen LogP contribution < -0.4 is 0 Å². The number of likely N-dealkylation sites (tertiary alicyclic amines) is 1. The molecule has 0 N–H and O–H groups in total. The summed E-state index contributed by atoms with van der Waals surface area (Å²) in [6, 6.07) is 9.93. The van der Waals surface area contributed by atoms with Crippen molar-refractivity contribution in [3.63, 3.8) is 0 Å². The number of oxazole rings is 1. The topological polar surface area (TPSA) is 59.2 Å². The Morgan fingerprint density at radius 1 is 1.26 bits per heavy atom. The molecule has 138 valence electrons. The second-order valence-electron chi connectivity index (χ2n) is 6.80. The van der Waals surface area contributed by atoms with Crippen molar-refractivity contribution >= 4 is 5.91 Å². The van der Waals surface area contributed by atoms with Crippen LogP contribution >= 0.6 is 0 Å². The lowest BCUT2D eigenvalue weighted by atomic mass is 9.97. The summed E-state index contributed by atoms with van der Waals surface area (Å²) in [6.07, 6.45) is 7.28. The van der Waals surface area contributed by atoms with Crippen LogP contribution in [0.3, 0.4) is 0 Å². The van der Waals surface area contributed by atoms with Crippen LogP contribution in [0.4, 0.5) is 4.39 Å². The van der Waals surface area contributed by atoms with Gasteiger partial charge in [0.1, 0.15) is 11.6 Å². The lowest BCUT2D eigenvalue weighted by molar-refractivity contribution is 0.0698. The highest BCUT2D eigenvalue weighted by Crippen LogP contribution is 2.28. The SMILES string of the molecule is O=C(c1ccncc1)N1CCC[C@H](c2ncc(Cc3cccc(F)c3)o2)C1. The van der Waals surface area contributed by atoms with Gasteiger partial charge in [0, 0.05) is 37.5 Å². The van der Waals surface area contributed by atoms with Gasteiger partial charge in [-0.15, -0.1) is 0 Å². The average molecular weight is 365 g/mol. The fourth-order valence-corrected chi connectivity index (χ4v) is 3.48. The maximum absolute atomic E-state index is 13.3. The Kier molecular flexibility index (Phi) is 4.96. The Hall–Kier alpha value is -3.02. The number of aromatic nitrogens is 2. The highest BCUT2D eigenvalue weighted by molar-refractivity contribution is 5.94. The molecule has 1 fully saturated rings. The molecule has 27 heavy (non-hydrogen) atoms. The van der Waals surface area contributed by atoms with Gasteiger partial charge in [0.25, 0.3) is 5.91 Å². The third kappa shape index (κ3) is 4.05. The number of benzene rings is 1. The molecule has 0 unspecified atom stereocenters. The molecule has 3 aromatic rings. The molecule has 1 atom stereocenters. The Morgan fingerprint density at radius 2 is 2.11 bits per heavy atom. The number of piperidine rings is 1. The van der Waals surface area contributed by atoms with Crippen molar-refractivity contribution in [1.82, 2.24) is 14.9 Å². The van der Waals surface area contributed by atoms with Crippen molar-refractivity contribution in [2.24, 2.45) is 0 Å². The van der Waals surface area contributed by atoms with Crippen molar-refractivity contribution in [3.8, 4) is 0 Å². The van der Waals surface area contributed by atoms with Crippen LogP contribution in [-0.4, -0.2) is 33.9 Å². The molecule has 0 aliphatic carbocycles. The predicted molar refractivity (Wildman–Crippen MR) is 97.8 cm³/mol. The number of amides is 1. The maximum atomic E-state index is 13.3. The van der Waals surface area contributed by atoms with E-state index in [1.165, 1.54) is 12.1 Å². The van der Waals surface area contributed by atoms with Gasteiger partial charge in [0.15, 0.2) is 5.89 Å². The molecule has 1 aliphatic rings. The highest BCUT2D eigenvalue weighted by atomic mass is 19.1. The number of hydrogen-bond donors (Lipinski definition) is 0. The first-order valence-corrected chi connectivity index (χ1v) is 9.07. The molecule has 2 aromatic heterocycles. The fraction of sp³-hybridized carbons (Fsp3) is 0.286. The summed E-state index contributed by atoms with van der Waals surface area (Å²) in [6.45, 7) is 1.32. The van der Waals surface area contributed by atoms with Crippen molar-refractivity contribution in [2.45, 2.75) is 25.2 Å². The van der Waals surface area contributed by atoms with Crippen molar-refractivity contribution in [1.29, 1.82) is 0 Å². The molecule has 0 radical (unpaired) electrons. The number of rotatable bonds is 4. The summed E-state index contributed by atoms with van der Waals surface area (Å²) in [7, 11) is 0. The molecular formula is C21H20FN3O2. The van der Waals surface area contributed by atoms with Crippen LogP contribution in [0.15, 0.2) is 59.4 Å². The normalized spacial score (nSPS) is 17.1. The summed E-state index contributed by atoms with van der Waals surface area (Å²) in [5.41, 5.74) is 1.49. The van der Waals surface area contributed by atoms with E-state index in [2.05, 4.69) is 9.97 Å². The van der Waals surface area contributed by atoms with Crippen molar-refractivity contribution < 1.29 is 13.6 Å². The standard InChI is InChI=1S/C21H20FN3O2/c22-18-5-1-3-15(11-18)12-19-13-24-20(27-19)17-4-2-10-25(14-17)21(26)16-6-8-23-9-7-16/h1,3,5-9,11,13,17H,2,4,10,12,14H2/t17-/m0/s1. The molecule has 0 bridgehead atoms. The van der Waals surface area contributed by atoms with Gasteiger partial charge in [-0.3, -0.25) is 9.78 Å². The quantitative estimate of drug-likeness (QED) is 0.705. The summed E-state index contributed by atoms with van der Waals surface area (Å²) in [5.74, 6) is 1.17. The number of nitrogens with zero attached hydrogens (tertiary/aromatic N) is 3. The van der Waals surface area contributed by atoms with Gasteiger partial charge in [-0.1, -0.05) is 12.1 Å². The van der Waals surface area contributed by atoms with E-state index < -0.39 is 0 Å². The molecule has 5 nitrogen and oxygen atoms in total. The molecule has 3 heterocycles. The highest BCUT2D eigenvalue weighted by Gasteiger charge is 2.28. The first-order valence-electron chi connectivity index (χ1n) is 9.07. The Bertz CT molecular complexity index is 926. The van der Waals surface area contributed by atoms with E-state index in [0.29, 0.717) is 30.2 Å². The smallest absolute Gasteiger partial charge is 0.253 e. The van der Waals surface area contributed by atoms with Crippen LogP contribution in [0.2, 0.25) is 0 Å². The number of hydrogen-bond acceptors (Lipinski definition) is 4. The third-order valence-electron chi connectivity index (χ3n) is 4.82. The van der Waals surface area contributed by atoms with E-state index >= 15 is 0 Å². The number of carbonyl (C=O) groups is 1. The van der Waals surface area contributed by atoms with Crippen molar-refractivity contribution in [3.05, 3.63) is 83.6 Å². The first kappa shape index (κ1) is 17.4. The summed E-state index contributed by atoms with van der Waals surface area (Å²) >= 11 is 0. The van der Waals surface area contributed by atoms with E-state index in [-0.39, 0.29) is 17.6 Å². The molecule has 4 rings (SSSR count). The van der Waals surface area contributed by atoms with Crippen molar-refractivity contribution in [2.75, 3.05) is 13.1 Å². The molecule has 6 heteroatoms. The first-order chi connectivity index (χ1) is 13.2. The Balaban J connectivity index is 1.44. The van der Waals surface area contributed by atoms with Crippen LogP contribution in [0.1, 0.15) is 46.3 Å². The van der Waals surface area contributed by atoms with Gasteiger partial charge in [-0.2, -0.15) is 0 Å². The van der Waals surface area contributed by atoms with Gasteiger partial charge >= 0.3 is 0 Å². The minimum atomic E-state index is -0.259. The summed E-state index contributed by atoms with van der Waals surface area (Å²) < 4.78 is 19.3. The molecular weight excluding hydrogens is 345 g/mol. The van der Waals surface area contributed by atoms with E-state index in [1.807, 2.05) is 11.0 Å². The largest absolute Gasteiger partial charge is 0.445 e.